The average molecular weight is 557 g/mol. The van der Waals surface area contributed by atoms with Gasteiger partial charge in [-0.2, -0.15) is 5.10 Å². The van der Waals surface area contributed by atoms with Gasteiger partial charge in [0.1, 0.15) is 5.82 Å². The molecule has 10 heteroatoms. The number of sulfone groups is 1. The second-order valence-electron chi connectivity index (χ2n) is 10.6. The molecule has 0 radical (unpaired) electrons. The molecule has 0 bridgehead atoms. The molecule has 2 saturated heterocycles. The maximum Gasteiger partial charge on any atom is 0.255 e. The Morgan fingerprint density at radius 1 is 0.875 bits per heavy atom. The van der Waals surface area contributed by atoms with Crippen molar-refractivity contribution in [3.05, 3.63) is 101 Å². The van der Waals surface area contributed by atoms with Gasteiger partial charge < -0.3 is 5.32 Å². The van der Waals surface area contributed by atoms with Crippen LogP contribution in [0.2, 0.25) is 0 Å². The SMILES string of the molecule is O=C(Nc1ccc(-c2n[nH]c(C3CN(Cc4ccccc4)C3)n2)cc1)c1cccc(CN2CCS(=O)(=O)CC2)c1. The molecule has 4 aromatic rings. The maximum absolute atomic E-state index is 12.9. The van der Waals surface area contributed by atoms with E-state index < -0.39 is 9.84 Å². The lowest BCUT2D eigenvalue weighted by Gasteiger charge is -2.37. The number of carbonyl (C=O) groups is 1. The zero-order valence-corrected chi connectivity index (χ0v) is 23.0. The highest BCUT2D eigenvalue weighted by Crippen LogP contribution is 2.28. The van der Waals surface area contributed by atoms with Crippen LogP contribution >= 0.6 is 0 Å². The summed E-state index contributed by atoms with van der Waals surface area (Å²) >= 11 is 0. The Balaban J connectivity index is 1.02. The topological polar surface area (TPSA) is 111 Å². The minimum absolute atomic E-state index is 0.187. The summed E-state index contributed by atoms with van der Waals surface area (Å²) in [5, 5.41) is 10.5. The summed E-state index contributed by atoms with van der Waals surface area (Å²) in [5.41, 5.74) is 4.43. The van der Waals surface area contributed by atoms with E-state index in [1.807, 2.05) is 48.5 Å². The van der Waals surface area contributed by atoms with Gasteiger partial charge in [-0.1, -0.05) is 42.5 Å². The molecule has 2 N–H and O–H groups in total. The van der Waals surface area contributed by atoms with E-state index >= 15 is 0 Å². The molecule has 206 valence electrons. The van der Waals surface area contributed by atoms with Crippen molar-refractivity contribution < 1.29 is 13.2 Å². The first-order chi connectivity index (χ1) is 19.4. The molecule has 6 rings (SSSR count). The normalized spacial score (nSPS) is 17.8. The van der Waals surface area contributed by atoms with E-state index in [1.165, 1.54) is 5.56 Å². The van der Waals surface area contributed by atoms with Gasteiger partial charge in [0.2, 0.25) is 0 Å². The molecule has 1 aromatic heterocycles. The number of likely N-dealkylation sites (tertiary alicyclic amines) is 1. The van der Waals surface area contributed by atoms with Crippen LogP contribution in [0.15, 0.2) is 78.9 Å². The van der Waals surface area contributed by atoms with E-state index in [4.69, 9.17) is 4.98 Å². The molecule has 0 unspecified atom stereocenters. The highest BCUT2D eigenvalue weighted by Gasteiger charge is 2.30. The summed E-state index contributed by atoms with van der Waals surface area (Å²) < 4.78 is 23.4. The van der Waals surface area contributed by atoms with Crippen LogP contribution in [0, 0.1) is 0 Å². The minimum Gasteiger partial charge on any atom is -0.322 e. The van der Waals surface area contributed by atoms with Gasteiger partial charge in [0, 0.05) is 62.0 Å². The second-order valence-corrected chi connectivity index (χ2v) is 12.9. The van der Waals surface area contributed by atoms with E-state index in [0.29, 0.717) is 42.6 Å². The number of rotatable bonds is 8. The number of H-pyrrole nitrogens is 1. The van der Waals surface area contributed by atoms with Crippen molar-refractivity contribution >= 4 is 21.4 Å². The van der Waals surface area contributed by atoms with Crippen LogP contribution in [0.5, 0.6) is 0 Å². The van der Waals surface area contributed by atoms with Gasteiger partial charge in [0.25, 0.3) is 5.91 Å². The van der Waals surface area contributed by atoms with Crippen LogP contribution in [0.4, 0.5) is 5.69 Å². The van der Waals surface area contributed by atoms with E-state index in [0.717, 1.165) is 36.6 Å². The predicted octanol–water partition coefficient (Wildman–Crippen LogP) is 3.55. The highest BCUT2D eigenvalue weighted by molar-refractivity contribution is 7.91. The first-order valence-electron chi connectivity index (χ1n) is 13.5. The number of amides is 1. The predicted molar refractivity (Wildman–Crippen MR) is 155 cm³/mol. The Labute approximate surface area is 234 Å². The van der Waals surface area contributed by atoms with E-state index in [9.17, 15) is 13.2 Å². The summed E-state index contributed by atoms with van der Waals surface area (Å²) in [6, 6.07) is 25.5. The first kappa shape index (κ1) is 26.4. The van der Waals surface area contributed by atoms with Crippen LogP contribution in [0.25, 0.3) is 11.4 Å². The number of aromatic amines is 1. The number of carbonyl (C=O) groups excluding carboxylic acids is 1. The fourth-order valence-corrected chi connectivity index (χ4v) is 6.46. The number of benzene rings is 3. The zero-order chi connectivity index (χ0) is 27.5. The summed E-state index contributed by atoms with van der Waals surface area (Å²) in [6.45, 7) is 4.51. The summed E-state index contributed by atoms with van der Waals surface area (Å²) in [4.78, 5) is 22.2. The monoisotopic (exact) mass is 556 g/mol. The van der Waals surface area contributed by atoms with Crippen LogP contribution in [-0.4, -0.2) is 77.0 Å². The first-order valence-corrected chi connectivity index (χ1v) is 15.3. The van der Waals surface area contributed by atoms with Gasteiger partial charge >= 0.3 is 0 Å². The Hall–Kier alpha value is -3.86. The van der Waals surface area contributed by atoms with Crippen molar-refractivity contribution in [3.8, 4) is 11.4 Å². The summed E-state index contributed by atoms with van der Waals surface area (Å²) in [6.07, 6.45) is 0. The van der Waals surface area contributed by atoms with Crippen LogP contribution in [0.1, 0.15) is 33.2 Å². The van der Waals surface area contributed by atoms with E-state index in [1.54, 1.807) is 6.07 Å². The fourth-order valence-electron chi connectivity index (χ4n) is 5.18. The Morgan fingerprint density at radius 2 is 1.57 bits per heavy atom. The van der Waals surface area contributed by atoms with Gasteiger partial charge in [-0.15, -0.1) is 0 Å². The molecule has 0 spiro atoms. The molecule has 0 atom stereocenters. The van der Waals surface area contributed by atoms with Gasteiger partial charge in [-0.05, 0) is 47.5 Å². The summed E-state index contributed by atoms with van der Waals surface area (Å²) in [7, 11) is -2.92. The molecule has 3 heterocycles. The number of nitrogens with zero attached hydrogens (tertiary/aromatic N) is 4. The molecule has 0 aliphatic carbocycles. The van der Waals surface area contributed by atoms with Crippen LogP contribution in [0.3, 0.4) is 0 Å². The zero-order valence-electron chi connectivity index (χ0n) is 22.2. The molecule has 40 heavy (non-hydrogen) atoms. The van der Waals surface area contributed by atoms with Gasteiger partial charge in [-0.25, -0.2) is 13.4 Å². The molecule has 9 nitrogen and oxygen atoms in total. The molecule has 2 aliphatic rings. The third-order valence-electron chi connectivity index (χ3n) is 7.53. The third kappa shape index (κ3) is 6.30. The number of aromatic nitrogens is 3. The maximum atomic E-state index is 12.9. The minimum atomic E-state index is -2.92. The molecular weight excluding hydrogens is 524 g/mol. The number of hydrogen-bond acceptors (Lipinski definition) is 7. The van der Waals surface area contributed by atoms with E-state index in [2.05, 4.69) is 49.6 Å². The Morgan fingerprint density at radius 3 is 2.33 bits per heavy atom. The van der Waals surface area contributed by atoms with Gasteiger partial charge in [0.15, 0.2) is 15.7 Å². The van der Waals surface area contributed by atoms with Gasteiger partial charge in [0.05, 0.1) is 11.5 Å². The lowest BCUT2D eigenvalue weighted by molar-refractivity contribution is 0.102. The smallest absolute Gasteiger partial charge is 0.255 e. The molecular formula is C30H32N6O3S. The summed E-state index contributed by atoms with van der Waals surface area (Å²) in [5.74, 6) is 2.08. The van der Waals surface area contributed by atoms with Crippen molar-refractivity contribution in [1.29, 1.82) is 0 Å². The molecule has 2 fully saturated rings. The van der Waals surface area contributed by atoms with Crippen LogP contribution in [-0.2, 0) is 22.9 Å². The standard InChI is InChI=1S/C30H32N6O3S/c37-30(25-8-4-7-23(17-25)19-35-13-15-40(38,39)16-14-35)31-27-11-9-24(10-12-27)28-32-29(34-33-28)26-20-36(21-26)18-22-5-2-1-3-6-22/h1-12,17,26H,13-16,18-21H2,(H,31,37)(H,32,33,34). The number of hydrogen-bond donors (Lipinski definition) is 2. The largest absolute Gasteiger partial charge is 0.322 e. The average Bonchev–Trinajstić information content (AvgIpc) is 3.42. The van der Waals surface area contributed by atoms with Crippen molar-refractivity contribution in [2.24, 2.45) is 0 Å². The third-order valence-corrected chi connectivity index (χ3v) is 9.14. The molecule has 0 saturated carbocycles. The number of anilines is 1. The molecule has 3 aromatic carbocycles. The number of nitrogens with one attached hydrogen (secondary N) is 2. The highest BCUT2D eigenvalue weighted by atomic mass is 32.2. The van der Waals surface area contributed by atoms with Crippen LogP contribution < -0.4 is 5.32 Å². The van der Waals surface area contributed by atoms with Gasteiger partial charge in [-0.3, -0.25) is 19.7 Å². The Kier molecular flexibility index (Phi) is 7.46. The fraction of sp³-hybridized carbons (Fsp3) is 0.300. The van der Waals surface area contributed by atoms with Crippen molar-refractivity contribution in [1.82, 2.24) is 25.0 Å². The lowest BCUT2D eigenvalue weighted by atomic mass is 9.98. The van der Waals surface area contributed by atoms with Crippen molar-refractivity contribution in [3.63, 3.8) is 0 Å². The van der Waals surface area contributed by atoms with E-state index in [-0.39, 0.29) is 17.4 Å². The quantitative estimate of drug-likeness (QED) is 0.341. The molecule has 2 aliphatic heterocycles. The Bertz CT molecular complexity index is 1570. The van der Waals surface area contributed by atoms with Crippen molar-refractivity contribution in [2.75, 3.05) is 43.0 Å². The van der Waals surface area contributed by atoms with Crippen molar-refractivity contribution in [2.45, 2.75) is 19.0 Å². The second kappa shape index (κ2) is 11.3. The molecule has 1 amide bonds. The lowest BCUT2D eigenvalue weighted by Crippen LogP contribution is -2.44.